The van der Waals surface area contributed by atoms with Crippen molar-refractivity contribution < 1.29 is 71.1 Å². The van der Waals surface area contributed by atoms with Crippen molar-refractivity contribution in [3.8, 4) is 51.7 Å². The van der Waals surface area contributed by atoms with Crippen molar-refractivity contribution in [2.24, 2.45) is 13.5 Å². The lowest BCUT2D eigenvalue weighted by molar-refractivity contribution is 0.0683. The van der Waals surface area contributed by atoms with E-state index in [0.29, 0.717) is 36.0 Å². The summed E-state index contributed by atoms with van der Waals surface area (Å²) in [4.78, 5) is 39.6. The second kappa shape index (κ2) is 23.4. The molecule has 0 bridgehead atoms. The molecule has 0 amide bonds. The number of hydrogen-bond donors (Lipinski definition) is 3. The van der Waals surface area contributed by atoms with Gasteiger partial charge in [0.1, 0.15) is 33.9 Å². The zero-order valence-corrected chi connectivity index (χ0v) is 44.5. The Morgan fingerprint density at radius 3 is 0.867 bits per heavy atom. The maximum absolute atomic E-state index is 13.2. The average molecular weight is 1080 g/mol. The van der Waals surface area contributed by atoms with E-state index >= 15 is 0 Å². The minimum atomic E-state index is -4.97. The van der Waals surface area contributed by atoms with Gasteiger partial charge in [-0.1, -0.05) is 84.9 Å². The molecule has 0 radical (unpaired) electrons. The second-order valence-electron chi connectivity index (χ2n) is 16.6. The minimum Gasteiger partial charge on any atom is -0.493 e. The predicted molar refractivity (Wildman–Crippen MR) is 287 cm³/mol. The zero-order chi connectivity index (χ0) is 54.1. The van der Waals surface area contributed by atoms with Crippen LogP contribution in [0.2, 0.25) is 0 Å². The fourth-order valence-corrected chi connectivity index (χ4v) is 16.6. The van der Waals surface area contributed by atoms with Gasteiger partial charge in [-0.2, -0.15) is 0 Å². The number of aromatic carboxylic acids is 3. The van der Waals surface area contributed by atoms with Gasteiger partial charge in [-0.05, 0) is 130 Å². The molecule has 1 aliphatic heterocycles. The van der Waals surface area contributed by atoms with Crippen molar-refractivity contribution in [1.82, 2.24) is 0 Å². The Morgan fingerprint density at radius 2 is 0.640 bits per heavy atom. The molecule has 0 saturated carbocycles. The van der Waals surface area contributed by atoms with Gasteiger partial charge in [0, 0.05) is 0 Å². The number of hydrogen-bond acceptors (Lipinski definition) is 15. The van der Waals surface area contributed by atoms with Crippen molar-refractivity contribution >= 4 is 40.9 Å². The molecule has 7 rings (SSSR count). The van der Waals surface area contributed by atoms with Crippen molar-refractivity contribution in [3.05, 3.63) is 197 Å². The van der Waals surface area contributed by atoms with E-state index in [2.05, 4.69) is 19.7 Å². The molecule has 0 fully saturated rings. The highest BCUT2D eigenvalue weighted by molar-refractivity contribution is 7.79. The van der Waals surface area contributed by atoms with Crippen LogP contribution in [-0.4, -0.2) is 54.6 Å². The summed E-state index contributed by atoms with van der Waals surface area (Å²) in [6.45, 7) is 16.6. The van der Waals surface area contributed by atoms with Gasteiger partial charge in [0.2, 0.25) is 0 Å². The summed E-state index contributed by atoms with van der Waals surface area (Å²) < 4.78 is 74.8. The summed E-state index contributed by atoms with van der Waals surface area (Å²) in [5, 5.41) is 32.2. The second-order valence-corrected chi connectivity index (χ2v) is 22.8. The number of rotatable bonds is 24. The van der Waals surface area contributed by atoms with Crippen LogP contribution in [0.1, 0.15) is 64.5 Å². The fraction of sp³-hybridized carbons (Fsp3) is 0.167. The molecule has 0 saturated heterocycles. The van der Waals surface area contributed by atoms with Gasteiger partial charge in [-0.3, -0.25) is 0 Å². The molecule has 18 nitrogen and oxygen atoms in total. The van der Waals surface area contributed by atoms with Crippen LogP contribution in [0.5, 0.6) is 51.7 Å². The van der Waals surface area contributed by atoms with Crippen LogP contribution in [0.3, 0.4) is 0 Å². The van der Waals surface area contributed by atoms with Gasteiger partial charge in [0.05, 0.1) is 21.3 Å². The van der Waals surface area contributed by atoms with E-state index in [1.54, 1.807) is 112 Å². The van der Waals surface area contributed by atoms with E-state index in [9.17, 15) is 29.7 Å². The molecule has 0 unspecified atom stereocenters. The molecule has 6 aromatic rings. The highest BCUT2D eigenvalue weighted by Crippen LogP contribution is 2.79. The number of aryl methyl sites for hydroxylation is 3. The number of ether oxygens (including phenoxy) is 3. The third kappa shape index (κ3) is 12.8. The number of allylic oxidation sites excluding steroid dienone is 3. The van der Waals surface area contributed by atoms with Crippen LogP contribution in [0.25, 0.3) is 0 Å². The van der Waals surface area contributed by atoms with Crippen LogP contribution in [-0.2, 0) is 19.3 Å². The van der Waals surface area contributed by atoms with E-state index in [1.165, 1.54) is 57.7 Å². The first-order valence-corrected chi connectivity index (χ1v) is 27.4. The molecule has 6 aromatic carbocycles. The van der Waals surface area contributed by atoms with Gasteiger partial charge < -0.3 is 56.7 Å². The molecule has 0 atom stereocenters. The lowest BCUT2D eigenvalue weighted by atomic mass is 10.1. The molecule has 3 N–H and O–H groups in total. The largest absolute Gasteiger partial charge is 0.493 e. The monoisotopic (exact) mass is 1080 g/mol. The third-order valence-corrected chi connectivity index (χ3v) is 18.9. The number of nitrogens with zero attached hydrogens (tertiary/aromatic N) is 3. The highest BCUT2D eigenvalue weighted by Gasteiger charge is 2.50. The van der Waals surface area contributed by atoms with Crippen molar-refractivity contribution in [1.29, 1.82) is 0 Å². The van der Waals surface area contributed by atoms with Crippen LogP contribution in [0.4, 0.5) is 0 Å². The van der Waals surface area contributed by atoms with E-state index in [-0.39, 0.29) is 68.4 Å². The Morgan fingerprint density at radius 1 is 0.400 bits per heavy atom. The van der Waals surface area contributed by atoms with Crippen molar-refractivity contribution in [3.63, 3.8) is 0 Å². The van der Waals surface area contributed by atoms with E-state index in [0.717, 1.165) is 16.7 Å². The molecule has 1 heterocycles. The van der Waals surface area contributed by atoms with Crippen LogP contribution < -0.4 is 41.4 Å². The summed E-state index contributed by atoms with van der Waals surface area (Å²) in [6.07, 6.45) is 6.33. The first kappa shape index (κ1) is 54.6. The SMILES string of the molecule is C=CCc1ccc(OP2(Oc3ccc(C)cc3C(=O)O)=NP(Oc3ccc(CC=C)cc3OC)(Oc3ccc(C)cc3C(=O)O)=NP(Oc3ccc(CC=C)cc3OC)(Oc3ccc(C)cc3C(=O)O)=N2)c(OC)c1. The summed E-state index contributed by atoms with van der Waals surface area (Å²) in [5.74, 6) is -5.01. The zero-order valence-electron chi connectivity index (χ0n) is 41.8. The first-order valence-electron chi connectivity index (χ1n) is 22.8. The quantitative estimate of drug-likeness (QED) is 0.0378. The third-order valence-electron chi connectivity index (χ3n) is 10.9. The molecule has 21 heteroatoms. The average Bonchev–Trinajstić information content (AvgIpc) is 3.37. The molecule has 0 spiro atoms. The number of benzene rings is 6. The Hall–Kier alpha value is -8.16. The van der Waals surface area contributed by atoms with Gasteiger partial charge in [0.25, 0.3) is 0 Å². The number of methoxy groups -OCH3 is 3. The molecular formula is C54H54N3O15P3. The predicted octanol–water partition coefficient (Wildman–Crippen LogP) is 14.5. The van der Waals surface area contributed by atoms with Gasteiger partial charge in [0.15, 0.2) is 34.5 Å². The highest BCUT2D eigenvalue weighted by atomic mass is 31.3. The topological polar surface area (TPSA) is 232 Å². The van der Waals surface area contributed by atoms with Gasteiger partial charge >= 0.3 is 40.9 Å². The minimum absolute atomic E-state index is 0.0610. The standard InChI is InChI=1S/C54H54N3O15P3/c1-10-13-37-19-25-46(49(31-37)64-7)70-73(67-43-22-16-34(4)28-40(43)52(58)59)55-74(68-44-23-17-35(5)29-41(44)53(60)61,71-47-26-20-38(14-11-2)32-50(47)65-8)57-75(56-73,69-45-24-18-36(6)30-42(45)54(62)63)72-48-27-21-39(15-12-3)33-51(48)66-9/h10-12,16-33H,1-3,13-15H2,4-9H3,(H,58,59)(H,60,61)(H,62,63). The van der Waals surface area contributed by atoms with E-state index in [1.807, 2.05) is 0 Å². The van der Waals surface area contributed by atoms with Gasteiger partial charge in [-0.25, -0.2) is 14.4 Å². The molecule has 0 aromatic heterocycles. The lowest BCUT2D eigenvalue weighted by Gasteiger charge is -2.34. The van der Waals surface area contributed by atoms with E-state index < -0.39 is 40.9 Å². The van der Waals surface area contributed by atoms with Crippen molar-refractivity contribution in [2.75, 3.05) is 21.3 Å². The van der Waals surface area contributed by atoms with Gasteiger partial charge in [-0.15, -0.1) is 19.7 Å². The summed E-state index contributed by atoms with van der Waals surface area (Å²) in [6, 6.07) is 27.8. The fourth-order valence-electron chi connectivity index (χ4n) is 7.44. The maximum atomic E-state index is 13.2. The Kier molecular flexibility index (Phi) is 17.0. The summed E-state index contributed by atoms with van der Waals surface area (Å²) in [5.41, 5.74) is 2.83. The molecular weight excluding hydrogens is 1020 g/mol. The summed E-state index contributed by atoms with van der Waals surface area (Å²) >= 11 is 0. The molecule has 0 aliphatic carbocycles. The maximum Gasteiger partial charge on any atom is 0.461 e. The molecule has 390 valence electrons. The first-order chi connectivity index (χ1) is 35.9. The Balaban J connectivity index is 1.74. The number of carbonyl (C=O) groups is 3. The van der Waals surface area contributed by atoms with Crippen LogP contribution >= 0.6 is 23.0 Å². The number of carboxylic acids is 3. The van der Waals surface area contributed by atoms with Crippen molar-refractivity contribution in [2.45, 2.75) is 40.0 Å². The Bertz CT molecular complexity index is 3060. The normalized spacial score (nSPS) is 17.5. The van der Waals surface area contributed by atoms with Crippen LogP contribution in [0, 0.1) is 20.8 Å². The summed E-state index contributed by atoms with van der Waals surface area (Å²) in [7, 11) is -10.7. The lowest BCUT2D eigenvalue weighted by Crippen LogP contribution is -2.14. The Labute approximate surface area is 434 Å². The smallest absolute Gasteiger partial charge is 0.461 e. The van der Waals surface area contributed by atoms with Crippen LogP contribution in [0.15, 0.2) is 161 Å². The number of carboxylic acid groups (broad SMARTS) is 3. The van der Waals surface area contributed by atoms with E-state index in [4.69, 9.17) is 54.9 Å². The molecule has 75 heavy (non-hydrogen) atoms. The molecule has 1 aliphatic rings.